The van der Waals surface area contributed by atoms with Gasteiger partial charge < -0.3 is 21.2 Å². The lowest BCUT2D eigenvalue weighted by atomic mass is 10.3. The molecule has 2 rings (SSSR count). The Labute approximate surface area is 123 Å². The Balaban J connectivity index is 2.39. The molecule has 2 aromatic rings. The lowest BCUT2D eigenvalue weighted by molar-refractivity contribution is 0.0521. The van der Waals surface area contributed by atoms with E-state index in [1.165, 1.54) is 12.3 Å². The Hall–Kier alpha value is -2.55. The normalized spacial score (nSPS) is 10.3. The van der Waals surface area contributed by atoms with E-state index in [4.69, 9.17) is 16.2 Å². The maximum absolute atomic E-state index is 11.9. The van der Waals surface area contributed by atoms with E-state index >= 15 is 0 Å². The second-order valence-corrected chi connectivity index (χ2v) is 4.90. The Kier molecular flexibility index (Phi) is 4.43. The summed E-state index contributed by atoms with van der Waals surface area (Å²) in [6.45, 7) is 1.92. The monoisotopic (exact) mass is 307 g/mol. The fourth-order valence-electron chi connectivity index (χ4n) is 1.50. The third-order valence-corrected chi connectivity index (χ3v) is 3.21. The summed E-state index contributed by atoms with van der Waals surface area (Å²) in [4.78, 5) is 33.8. The number of pyridine rings is 1. The highest BCUT2D eigenvalue weighted by Crippen LogP contribution is 2.27. The topological polar surface area (TPSA) is 137 Å². The fourth-order valence-corrected chi connectivity index (χ4v) is 2.34. The van der Waals surface area contributed by atoms with Crippen LogP contribution in [0.2, 0.25) is 0 Å². The first-order valence-corrected chi connectivity index (χ1v) is 6.78. The molecule has 0 saturated heterocycles. The Morgan fingerprint density at radius 2 is 2.19 bits per heavy atom. The molecule has 0 aliphatic carbocycles. The van der Waals surface area contributed by atoms with E-state index in [-0.39, 0.29) is 23.1 Å². The molecule has 0 saturated carbocycles. The smallest absolute Gasteiger partial charge is 0.340 e. The van der Waals surface area contributed by atoms with Crippen LogP contribution in [-0.4, -0.2) is 27.5 Å². The van der Waals surface area contributed by atoms with Gasteiger partial charge in [-0.05, 0) is 24.8 Å². The van der Waals surface area contributed by atoms with Gasteiger partial charge in [-0.2, -0.15) is 0 Å². The first kappa shape index (κ1) is 14.9. The van der Waals surface area contributed by atoms with Crippen LogP contribution < -0.4 is 17.0 Å². The van der Waals surface area contributed by atoms with Gasteiger partial charge in [0, 0.05) is 6.07 Å². The van der Waals surface area contributed by atoms with E-state index in [0.29, 0.717) is 10.7 Å². The van der Waals surface area contributed by atoms with Crippen LogP contribution in [0.4, 0.5) is 11.5 Å². The summed E-state index contributed by atoms with van der Waals surface area (Å²) >= 11 is 0.991. The minimum Gasteiger partial charge on any atom is -0.462 e. The highest BCUT2D eigenvalue weighted by molar-refractivity contribution is 7.99. The maximum Gasteiger partial charge on any atom is 0.340 e. The number of carbonyl (C=O) groups is 1. The second-order valence-electron chi connectivity index (χ2n) is 3.92. The highest BCUT2D eigenvalue weighted by atomic mass is 32.2. The number of esters is 1. The van der Waals surface area contributed by atoms with E-state index in [9.17, 15) is 9.59 Å². The van der Waals surface area contributed by atoms with Crippen molar-refractivity contribution in [2.45, 2.75) is 17.1 Å². The molecule has 0 aliphatic heterocycles. The van der Waals surface area contributed by atoms with Crippen LogP contribution in [0.3, 0.4) is 0 Å². The molecule has 0 aliphatic rings. The number of hydrogen-bond acceptors (Lipinski definition) is 8. The largest absolute Gasteiger partial charge is 0.462 e. The number of aromatic nitrogens is 3. The van der Waals surface area contributed by atoms with Crippen LogP contribution in [0.1, 0.15) is 17.3 Å². The van der Waals surface area contributed by atoms with Gasteiger partial charge in [-0.3, -0.25) is 4.79 Å². The predicted molar refractivity (Wildman–Crippen MR) is 78.0 cm³/mol. The van der Waals surface area contributed by atoms with Crippen molar-refractivity contribution in [2.24, 2.45) is 0 Å². The highest BCUT2D eigenvalue weighted by Gasteiger charge is 2.16. The van der Waals surface area contributed by atoms with Crippen LogP contribution in [0.15, 0.2) is 33.3 Å². The molecule has 0 amide bonds. The van der Waals surface area contributed by atoms with E-state index in [2.05, 4.69) is 15.0 Å². The molecule has 0 radical (unpaired) electrons. The fraction of sp³-hybridized carbons (Fsp3) is 0.167. The summed E-state index contributed by atoms with van der Waals surface area (Å²) in [6, 6.07) is 2.62. The molecule has 0 atom stereocenters. The van der Waals surface area contributed by atoms with Crippen molar-refractivity contribution >= 4 is 29.2 Å². The lowest BCUT2D eigenvalue weighted by Gasteiger charge is -2.08. The van der Waals surface area contributed by atoms with Gasteiger partial charge in [0.25, 0.3) is 5.56 Å². The molecule has 0 spiro atoms. The minimum absolute atomic E-state index is 0.0781. The number of nitrogens with zero attached hydrogens (tertiary/aromatic N) is 2. The summed E-state index contributed by atoms with van der Waals surface area (Å²) < 4.78 is 4.94. The standard InChI is InChI=1S/C12H13N5O3S/c1-2-20-11(19)7-3-6(13)5-15-10(7)21-12-16-8(14)4-9(18)17-12/h3-5H,2,13H2,1H3,(H3,14,16,17,18). The van der Waals surface area contributed by atoms with Crippen molar-refractivity contribution in [3.8, 4) is 0 Å². The third-order valence-electron chi connectivity index (χ3n) is 2.30. The minimum atomic E-state index is -0.550. The van der Waals surface area contributed by atoms with Gasteiger partial charge in [0.15, 0.2) is 5.16 Å². The third kappa shape index (κ3) is 3.72. The van der Waals surface area contributed by atoms with Gasteiger partial charge in [-0.25, -0.2) is 14.8 Å². The molecule has 0 unspecified atom stereocenters. The van der Waals surface area contributed by atoms with Gasteiger partial charge in [0.2, 0.25) is 0 Å². The Morgan fingerprint density at radius 1 is 1.43 bits per heavy atom. The molecule has 2 aromatic heterocycles. The number of nitrogen functional groups attached to an aromatic ring is 2. The molecule has 21 heavy (non-hydrogen) atoms. The number of nitrogens with one attached hydrogen (secondary N) is 1. The van der Waals surface area contributed by atoms with Crippen LogP contribution >= 0.6 is 11.8 Å². The lowest BCUT2D eigenvalue weighted by Crippen LogP contribution is -2.11. The summed E-state index contributed by atoms with van der Waals surface area (Å²) in [6.07, 6.45) is 1.40. The molecular formula is C12H13N5O3S. The predicted octanol–water partition coefficient (Wildman–Crippen LogP) is 0.657. The number of hydrogen-bond donors (Lipinski definition) is 3. The quantitative estimate of drug-likeness (QED) is 0.553. The van der Waals surface area contributed by atoms with Crippen molar-refractivity contribution in [1.29, 1.82) is 0 Å². The van der Waals surface area contributed by atoms with E-state index in [1.54, 1.807) is 6.92 Å². The zero-order chi connectivity index (χ0) is 15.4. The van der Waals surface area contributed by atoms with Crippen molar-refractivity contribution in [1.82, 2.24) is 15.0 Å². The van der Waals surface area contributed by atoms with Crippen LogP contribution in [-0.2, 0) is 4.74 Å². The van der Waals surface area contributed by atoms with Crippen molar-refractivity contribution in [3.63, 3.8) is 0 Å². The van der Waals surface area contributed by atoms with Crippen LogP contribution in [0.25, 0.3) is 0 Å². The van der Waals surface area contributed by atoms with Crippen molar-refractivity contribution in [2.75, 3.05) is 18.1 Å². The molecule has 110 valence electrons. The van der Waals surface area contributed by atoms with Gasteiger partial charge in [0.1, 0.15) is 10.8 Å². The second kappa shape index (κ2) is 6.27. The maximum atomic E-state index is 11.9. The summed E-state index contributed by atoms with van der Waals surface area (Å²) in [7, 11) is 0. The summed E-state index contributed by atoms with van der Waals surface area (Å²) in [5, 5.41) is 0.541. The molecule has 2 heterocycles. The number of H-pyrrole nitrogens is 1. The number of ether oxygens (including phenoxy) is 1. The first-order valence-electron chi connectivity index (χ1n) is 5.97. The van der Waals surface area contributed by atoms with E-state index in [0.717, 1.165) is 17.8 Å². The molecular weight excluding hydrogens is 294 g/mol. The summed E-state index contributed by atoms with van der Waals surface area (Å²) in [5.41, 5.74) is 11.3. The van der Waals surface area contributed by atoms with Crippen molar-refractivity contribution < 1.29 is 9.53 Å². The molecule has 8 nitrogen and oxygen atoms in total. The van der Waals surface area contributed by atoms with Crippen LogP contribution in [0.5, 0.6) is 0 Å². The van der Waals surface area contributed by atoms with Gasteiger partial charge in [-0.1, -0.05) is 0 Å². The van der Waals surface area contributed by atoms with Crippen LogP contribution in [0, 0.1) is 0 Å². The van der Waals surface area contributed by atoms with E-state index < -0.39 is 11.5 Å². The van der Waals surface area contributed by atoms with Crippen molar-refractivity contribution in [3.05, 3.63) is 34.2 Å². The van der Waals surface area contributed by atoms with E-state index in [1.807, 2.05) is 0 Å². The number of anilines is 2. The molecule has 0 bridgehead atoms. The average Bonchev–Trinajstić information content (AvgIpc) is 2.40. The molecule has 9 heteroatoms. The molecule has 0 aromatic carbocycles. The first-order chi connectivity index (χ1) is 9.99. The zero-order valence-corrected chi connectivity index (χ0v) is 11.9. The van der Waals surface area contributed by atoms with Gasteiger partial charge in [0.05, 0.1) is 24.1 Å². The molecule has 5 N–H and O–H groups in total. The molecule has 0 fully saturated rings. The average molecular weight is 307 g/mol. The number of nitrogens with two attached hydrogens (primary N) is 2. The number of rotatable bonds is 4. The zero-order valence-electron chi connectivity index (χ0n) is 11.1. The van der Waals surface area contributed by atoms with Gasteiger partial charge >= 0.3 is 5.97 Å². The number of aromatic amines is 1. The summed E-state index contributed by atoms with van der Waals surface area (Å²) in [5.74, 6) is -0.472. The Bertz CT molecular complexity index is 731. The SMILES string of the molecule is CCOC(=O)c1cc(N)cnc1Sc1nc(N)cc(=O)[nH]1. The number of carbonyl (C=O) groups excluding carboxylic acids is 1. The Morgan fingerprint density at radius 3 is 2.86 bits per heavy atom. The van der Waals surface area contributed by atoms with Gasteiger partial charge in [-0.15, -0.1) is 0 Å².